The molecule has 0 saturated carbocycles. The molecule has 0 aliphatic carbocycles. The average molecular weight is 256 g/mol. The Morgan fingerprint density at radius 3 is 2.65 bits per heavy atom. The van der Waals surface area contributed by atoms with Crippen LogP contribution in [0, 0.1) is 0 Å². The van der Waals surface area contributed by atoms with Gasteiger partial charge in [0.2, 0.25) is 0 Å². The Balaban J connectivity index is 3.11. The molecule has 0 unspecified atom stereocenters. The molecule has 0 aliphatic rings. The van der Waals surface area contributed by atoms with Crippen LogP contribution in [0.3, 0.4) is 0 Å². The normalized spacial score (nSPS) is 10.0. The van der Waals surface area contributed by atoms with Crippen LogP contribution in [0.25, 0.3) is 0 Å². The molecule has 0 amide bonds. The third-order valence-electron chi connectivity index (χ3n) is 2.16. The number of rotatable bonds is 5. The van der Waals surface area contributed by atoms with Crippen LogP contribution in [-0.2, 0) is 4.74 Å². The summed E-state index contributed by atoms with van der Waals surface area (Å²) in [6, 6.07) is 4.54. The number of ether oxygens (including phenoxy) is 1. The van der Waals surface area contributed by atoms with Crippen LogP contribution in [0.2, 0.25) is 0 Å². The summed E-state index contributed by atoms with van der Waals surface area (Å²) >= 11 is 5.51. The van der Waals surface area contributed by atoms with Crippen LogP contribution >= 0.6 is 11.6 Å². The van der Waals surface area contributed by atoms with Crippen molar-refractivity contribution in [2.45, 2.75) is 13.3 Å². The number of hydrogen-bond acceptors (Lipinski definition) is 4. The van der Waals surface area contributed by atoms with Crippen molar-refractivity contribution in [3.8, 4) is 0 Å². The van der Waals surface area contributed by atoms with Crippen molar-refractivity contribution >= 4 is 29.0 Å². The summed E-state index contributed by atoms with van der Waals surface area (Å²) in [5.74, 6) is -0.522. The SMILES string of the molecule is CCOC(=O)c1cc(N)ccc1C(=O)CCCl. The maximum atomic E-state index is 11.8. The minimum absolute atomic E-state index is 0.178. The molecule has 0 heterocycles. The van der Waals surface area contributed by atoms with E-state index in [1.54, 1.807) is 13.0 Å². The van der Waals surface area contributed by atoms with Gasteiger partial charge in [-0.25, -0.2) is 4.79 Å². The molecule has 1 rings (SSSR count). The number of esters is 1. The fourth-order valence-corrected chi connectivity index (χ4v) is 1.57. The zero-order valence-corrected chi connectivity index (χ0v) is 10.3. The first kappa shape index (κ1) is 13.5. The van der Waals surface area contributed by atoms with Crippen molar-refractivity contribution in [2.24, 2.45) is 0 Å². The summed E-state index contributed by atoms with van der Waals surface area (Å²) in [7, 11) is 0. The quantitative estimate of drug-likeness (QED) is 0.379. The highest BCUT2D eigenvalue weighted by atomic mass is 35.5. The summed E-state index contributed by atoms with van der Waals surface area (Å²) in [6.07, 6.45) is 0.178. The molecule has 0 atom stereocenters. The lowest BCUT2D eigenvalue weighted by molar-refractivity contribution is 0.0523. The molecule has 5 heteroatoms. The Hall–Kier alpha value is -1.55. The number of nitrogens with two attached hydrogens (primary N) is 1. The molecular formula is C12H14ClNO3. The first-order valence-electron chi connectivity index (χ1n) is 5.26. The predicted molar refractivity (Wildman–Crippen MR) is 66.5 cm³/mol. The number of nitrogen functional groups attached to an aromatic ring is 1. The number of ketones is 1. The second kappa shape index (κ2) is 6.25. The molecule has 4 nitrogen and oxygen atoms in total. The van der Waals surface area contributed by atoms with Gasteiger partial charge >= 0.3 is 5.97 Å². The molecule has 0 radical (unpaired) electrons. The largest absolute Gasteiger partial charge is 0.462 e. The Labute approximate surface area is 105 Å². The van der Waals surface area contributed by atoms with E-state index in [2.05, 4.69) is 0 Å². The van der Waals surface area contributed by atoms with Crippen LogP contribution in [-0.4, -0.2) is 24.2 Å². The first-order valence-corrected chi connectivity index (χ1v) is 5.79. The number of hydrogen-bond donors (Lipinski definition) is 1. The number of carbonyl (C=O) groups is 2. The van der Waals surface area contributed by atoms with Gasteiger partial charge in [-0.1, -0.05) is 0 Å². The lowest BCUT2D eigenvalue weighted by Gasteiger charge is -2.08. The third kappa shape index (κ3) is 3.46. The van der Waals surface area contributed by atoms with Crippen molar-refractivity contribution in [3.63, 3.8) is 0 Å². The number of alkyl halides is 1. The molecule has 0 bridgehead atoms. The van der Waals surface area contributed by atoms with E-state index in [4.69, 9.17) is 22.1 Å². The minimum Gasteiger partial charge on any atom is -0.462 e. The second-order valence-corrected chi connectivity index (χ2v) is 3.77. The van der Waals surface area contributed by atoms with Gasteiger partial charge < -0.3 is 10.5 Å². The zero-order chi connectivity index (χ0) is 12.8. The number of halogens is 1. The van der Waals surface area contributed by atoms with Crippen molar-refractivity contribution in [1.29, 1.82) is 0 Å². The molecule has 0 aromatic heterocycles. The molecular weight excluding hydrogens is 242 g/mol. The topological polar surface area (TPSA) is 69.4 Å². The fourth-order valence-electron chi connectivity index (χ4n) is 1.40. The van der Waals surface area contributed by atoms with Gasteiger partial charge in [-0.2, -0.15) is 0 Å². The highest BCUT2D eigenvalue weighted by Crippen LogP contribution is 2.17. The predicted octanol–water partition coefficient (Wildman–Crippen LogP) is 2.26. The highest BCUT2D eigenvalue weighted by Gasteiger charge is 2.17. The average Bonchev–Trinajstić information content (AvgIpc) is 2.29. The van der Waals surface area contributed by atoms with Crippen LogP contribution in [0.15, 0.2) is 18.2 Å². The number of anilines is 1. The van der Waals surface area contributed by atoms with E-state index in [0.29, 0.717) is 11.3 Å². The van der Waals surface area contributed by atoms with Crippen LogP contribution in [0.1, 0.15) is 34.1 Å². The van der Waals surface area contributed by atoms with Crippen LogP contribution in [0.5, 0.6) is 0 Å². The maximum absolute atomic E-state index is 11.8. The monoisotopic (exact) mass is 255 g/mol. The van der Waals surface area contributed by atoms with Gasteiger partial charge in [-0.05, 0) is 25.1 Å². The Morgan fingerprint density at radius 1 is 1.35 bits per heavy atom. The van der Waals surface area contributed by atoms with Crippen molar-refractivity contribution in [3.05, 3.63) is 29.3 Å². The molecule has 1 aromatic rings. The van der Waals surface area contributed by atoms with E-state index < -0.39 is 5.97 Å². The van der Waals surface area contributed by atoms with Gasteiger partial charge in [0, 0.05) is 23.6 Å². The molecule has 0 fully saturated rings. The number of Topliss-reactive ketones (excluding diaryl/α,β-unsaturated/α-hetero) is 1. The molecule has 92 valence electrons. The van der Waals surface area contributed by atoms with Gasteiger partial charge in [-0.15, -0.1) is 11.6 Å². The van der Waals surface area contributed by atoms with E-state index in [9.17, 15) is 9.59 Å². The second-order valence-electron chi connectivity index (χ2n) is 3.39. The zero-order valence-electron chi connectivity index (χ0n) is 9.53. The van der Waals surface area contributed by atoms with Crippen LogP contribution < -0.4 is 5.73 Å². The van der Waals surface area contributed by atoms with Crippen molar-refractivity contribution < 1.29 is 14.3 Å². The molecule has 0 saturated heterocycles. The van der Waals surface area contributed by atoms with Gasteiger partial charge in [0.1, 0.15) is 0 Å². The number of benzene rings is 1. The van der Waals surface area contributed by atoms with E-state index >= 15 is 0 Å². The van der Waals surface area contributed by atoms with Crippen molar-refractivity contribution in [1.82, 2.24) is 0 Å². The Bertz CT molecular complexity index is 432. The Kier molecular flexibility index (Phi) is 4.97. The van der Waals surface area contributed by atoms with E-state index in [-0.39, 0.29) is 30.3 Å². The summed E-state index contributed by atoms with van der Waals surface area (Å²) < 4.78 is 4.87. The molecule has 0 aliphatic heterocycles. The number of carbonyl (C=O) groups excluding carboxylic acids is 2. The standard InChI is InChI=1S/C12H14ClNO3/c1-2-17-12(16)10-7-8(14)3-4-9(10)11(15)5-6-13/h3-4,7H,2,5-6,14H2,1H3. The third-order valence-corrected chi connectivity index (χ3v) is 2.35. The first-order chi connectivity index (χ1) is 8.10. The fraction of sp³-hybridized carbons (Fsp3) is 0.333. The summed E-state index contributed by atoms with van der Waals surface area (Å²) in [5, 5.41) is 0. The van der Waals surface area contributed by atoms with Gasteiger partial charge in [0.25, 0.3) is 0 Å². The highest BCUT2D eigenvalue weighted by molar-refractivity contribution is 6.20. The van der Waals surface area contributed by atoms with Crippen LogP contribution in [0.4, 0.5) is 5.69 Å². The van der Waals surface area contributed by atoms with Gasteiger partial charge in [-0.3, -0.25) is 4.79 Å². The minimum atomic E-state index is -0.544. The van der Waals surface area contributed by atoms with E-state index in [1.807, 2.05) is 0 Å². The van der Waals surface area contributed by atoms with E-state index in [0.717, 1.165) is 0 Å². The van der Waals surface area contributed by atoms with Gasteiger partial charge in [0.05, 0.1) is 12.2 Å². The smallest absolute Gasteiger partial charge is 0.338 e. The molecule has 0 spiro atoms. The molecule has 1 aromatic carbocycles. The van der Waals surface area contributed by atoms with Crippen molar-refractivity contribution in [2.75, 3.05) is 18.2 Å². The lowest BCUT2D eigenvalue weighted by Crippen LogP contribution is -2.12. The van der Waals surface area contributed by atoms with Gasteiger partial charge in [0.15, 0.2) is 5.78 Å². The van der Waals surface area contributed by atoms with E-state index in [1.165, 1.54) is 12.1 Å². The molecule has 2 N–H and O–H groups in total. The molecule has 17 heavy (non-hydrogen) atoms. The summed E-state index contributed by atoms with van der Waals surface area (Å²) in [5.41, 5.74) is 6.50. The maximum Gasteiger partial charge on any atom is 0.338 e. The Morgan fingerprint density at radius 2 is 2.06 bits per heavy atom. The summed E-state index contributed by atoms with van der Waals surface area (Å²) in [4.78, 5) is 23.4. The summed E-state index contributed by atoms with van der Waals surface area (Å²) in [6.45, 7) is 1.95. The lowest BCUT2D eigenvalue weighted by atomic mass is 10.0.